The van der Waals surface area contributed by atoms with Gasteiger partial charge in [0.15, 0.2) is 0 Å². The summed E-state index contributed by atoms with van der Waals surface area (Å²) >= 11 is 0. The zero-order chi connectivity index (χ0) is 22.3. The monoisotopic (exact) mass is 431 g/mol. The largest absolute Gasteiger partial charge is 0.393 e. The lowest BCUT2D eigenvalue weighted by molar-refractivity contribution is 0.0475. The van der Waals surface area contributed by atoms with Gasteiger partial charge in [-0.25, -0.2) is 0 Å². The molecule has 5 rings (SSSR count). The summed E-state index contributed by atoms with van der Waals surface area (Å²) in [5, 5.41) is 17.2. The lowest BCUT2D eigenvalue weighted by atomic mass is 9.72. The number of likely N-dealkylation sites (tertiary alicyclic amines) is 1. The number of hydrogen-bond donors (Lipinski definition) is 1. The van der Waals surface area contributed by atoms with Crippen molar-refractivity contribution < 1.29 is 5.11 Å². The van der Waals surface area contributed by atoms with Gasteiger partial charge in [-0.1, -0.05) is 69.2 Å². The predicted molar refractivity (Wildman–Crippen MR) is 131 cm³/mol. The van der Waals surface area contributed by atoms with Crippen molar-refractivity contribution in [1.82, 2.24) is 14.7 Å². The first-order chi connectivity index (χ1) is 15.5. The van der Waals surface area contributed by atoms with Gasteiger partial charge in [0.2, 0.25) is 0 Å². The maximum atomic E-state index is 10.9. The average molecular weight is 432 g/mol. The molecule has 1 saturated carbocycles. The van der Waals surface area contributed by atoms with Crippen LogP contribution in [-0.2, 0) is 13.0 Å². The fraction of sp³-hybridized carbons (Fsp3) is 0.536. The van der Waals surface area contributed by atoms with Crippen molar-refractivity contribution in [2.45, 2.75) is 77.5 Å². The van der Waals surface area contributed by atoms with Gasteiger partial charge < -0.3 is 5.11 Å². The smallest absolute Gasteiger partial charge is 0.0700 e. The molecule has 170 valence electrons. The van der Waals surface area contributed by atoms with Crippen LogP contribution in [0.1, 0.15) is 75.2 Å². The zero-order valence-electron chi connectivity index (χ0n) is 19.8. The highest BCUT2D eigenvalue weighted by Crippen LogP contribution is 2.46. The minimum absolute atomic E-state index is 0.172. The molecule has 0 spiro atoms. The van der Waals surface area contributed by atoms with Crippen LogP contribution < -0.4 is 0 Å². The van der Waals surface area contributed by atoms with E-state index in [9.17, 15) is 5.11 Å². The van der Waals surface area contributed by atoms with Gasteiger partial charge in [-0.3, -0.25) is 9.58 Å². The Bertz CT molecular complexity index is 1070. The number of rotatable bonds is 6. The van der Waals surface area contributed by atoms with E-state index >= 15 is 0 Å². The second kappa shape index (κ2) is 8.64. The van der Waals surface area contributed by atoms with Crippen LogP contribution in [0.3, 0.4) is 0 Å². The third kappa shape index (κ3) is 3.78. The van der Waals surface area contributed by atoms with Crippen LogP contribution in [-0.4, -0.2) is 39.0 Å². The SMILES string of the molecule is CCc1nn(C2CCCC2)c2cc([C@H]3CN(Cc4ccccc4)C[C@@]3(C)[C@H](C)O)ccc12. The van der Waals surface area contributed by atoms with E-state index in [0.717, 1.165) is 26.1 Å². The summed E-state index contributed by atoms with van der Waals surface area (Å²) in [4.78, 5) is 2.52. The van der Waals surface area contributed by atoms with Gasteiger partial charge in [-0.05, 0) is 43.4 Å². The molecule has 0 unspecified atom stereocenters. The molecule has 1 aliphatic heterocycles. The maximum Gasteiger partial charge on any atom is 0.0700 e. The summed E-state index contributed by atoms with van der Waals surface area (Å²) in [6.07, 6.45) is 5.70. The molecule has 0 bridgehead atoms. The first kappa shape index (κ1) is 21.7. The van der Waals surface area contributed by atoms with Crippen molar-refractivity contribution in [2.24, 2.45) is 5.41 Å². The number of fused-ring (bicyclic) bond motifs is 1. The quantitative estimate of drug-likeness (QED) is 0.544. The Labute approximate surface area is 192 Å². The summed E-state index contributed by atoms with van der Waals surface area (Å²) in [6, 6.07) is 18.2. The molecule has 3 atom stereocenters. The van der Waals surface area contributed by atoms with Crippen LogP contribution in [0, 0.1) is 5.41 Å². The van der Waals surface area contributed by atoms with E-state index in [1.807, 2.05) is 6.92 Å². The van der Waals surface area contributed by atoms with Crippen molar-refractivity contribution in [1.29, 1.82) is 0 Å². The Morgan fingerprint density at radius 1 is 1.12 bits per heavy atom. The zero-order valence-corrected chi connectivity index (χ0v) is 19.8. The Hall–Kier alpha value is -2.17. The number of aliphatic hydroxyl groups is 1. The molecule has 0 radical (unpaired) electrons. The number of aromatic nitrogens is 2. The van der Waals surface area contributed by atoms with Crippen LogP contribution in [0.2, 0.25) is 0 Å². The van der Waals surface area contributed by atoms with Crippen molar-refractivity contribution >= 4 is 10.9 Å². The predicted octanol–water partition coefficient (Wildman–Crippen LogP) is 5.70. The molecular formula is C28H37N3O. The van der Waals surface area contributed by atoms with Gasteiger partial charge in [-0.2, -0.15) is 5.10 Å². The highest BCUT2D eigenvalue weighted by molar-refractivity contribution is 5.83. The fourth-order valence-corrected chi connectivity index (χ4v) is 6.12. The summed E-state index contributed by atoms with van der Waals surface area (Å²) < 4.78 is 2.33. The Balaban J connectivity index is 1.51. The molecule has 4 nitrogen and oxygen atoms in total. The molecule has 4 heteroatoms. The average Bonchev–Trinajstić information content (AvgIpc) is 3.52. The minimum Gasteiger partial charge on any atom is -0.393 e. The maximum absolute atomic E-state index is 10.9. The number of aryl methyl sites for hydroxylation is 1. The van der Waals surface area contributed by atoms with E-state index in [1.165, 1.54) is 53.4 Å². The second-order valence-corrected chi connectivity index (χ2v) is 10.3. The van der Waals surface area contributed by atoms with Crippen molar-refractivity contribution in [3.8, 4) is 0 Å². The highest BCUT2D eigenvalue weighted by atomic mass is 16.3. The summed E-state index contributed by atoms with van der Waals surface area (Å²) in [6.45, 7) is 9.25. The highest BCUT2D eigenvalue weighted by Gasteiger charge is 2.46. The molecule has 3 aromatic rings. The summed E-state index contributed by atoms with van der Waals surface area (Å²) in [5.41, 5.74) is 5.02. The topological polar surface area (TPSA) is 41.3 Å². The van der Waals surface area contributed by atoms with Crippen LogP contribution in [0.4, 0.5) is 0 Å². The van der Waals surface area contributed by atoms with Gasteiger partial charge in [0.25, 0.3) is 0 Å². The molecule has 2 heterocycles. The fourth-order valence-electron chi connectivity index (χ4n) is 6.12. The van der Waals surface area contributed by atoms with Crippen molar-refractivity contribution in [2.75, 3.05) is 13.1 Å². The first-order valence-electron chi connectivity index (χ1n) is 12.4. The van der Waals surface area contributed by atoms with Crippen LogP contribution >= 0.6 is 0 Å². The van der Waals surface area contributed by atoms with E-state index in [4.69, 9.17) is 5.10 Å². The molecule has 1 N–H and O–H groups in total. The molecule has 2 aromatic carbocycles. The lowest BCUT2D eigenvalue weighted by Gasteiger charge is -2.34. The van der Waals surface area contributed by atoms with E-state index in [-0.39, 0.29) is 11.5 Å². The van der Waals surface area contributed by atoms with Crippen molar-refractivity contribution in [3.05, 3.63) is 65.4 Å². The van der Waals surface area contributed by atoms with Gasteiger partial charge in [0.05, 0.1) is 23.4 Å². The van der Waals surface area contributed by atoms with E-state index in [1.54, 1.807) is 0 Å². The number of nitrogens with zero attached hydrogens (tertiary/aromatic N) is 3. The van der Waals surface area contributed by atoms with Crippen LogP contribution in [0.15, 0.2) is 48.5 Å². The minimum atomic E-state index is -0.366. The molecule has 32 heavy (non-hydrogen) atoms. The number of aliphatic hydroxyl groups excluding tert-OH is 1. The van der Waals surface area contributed by atoms with Crippen LogP contribution in [0.5, 0.6) is 0 Å². The van der Waals surface area contributed by atoms with Gasteiger partial charge in [-0.15, -0.1) is 0 Å². The van der Waals surface area contributed by atoms with E-state index < -0.39 is 0 Å². The molecule has 2 fully saturated rings. The molecule has 1 saturated heterocycles. The Kier molecular flexibility index (Phi) is 5.85. The molecular weight excluding hydrogens is 394 g/mol. The number of hydrogen-bond acceptors (Lipinski definition) is 3. The van der Waals surface area contributed by atoms with E-state index in [0.29, 0.717) is 12.0 Å². The Morgan fingerprint density at radius 3 is 2.56 bits per heavy atom. The van der Waals surface area contributed by atoms with E-state index in [2.05, 4.69) is 72.0 Å². The third-order valence-electron chi connectivity index (χ3n) is 8.22. The number of benzene rings is 2. The lowest BCUT2D eigenvalue weighted by Crippen LogP contribution is -2.37. The summed E-state index contributed by atoms with van der Waals surface area (Å²) in [5.74, 6) is 0.299. The normalized spacial score (nSPS) is 25.7. The molecule has 1 aliphatic carbocycles. The van der Waals surface area contributed by atoms with Gasteiger partial charge in [0, 0.05) is 36.4 Å². The second-order valence-electron chi connectivity index (χ2n) is 10.3. The van der Waals surface area contributed by atoms with Gasteiger partial charge >= 0.3 is 0 Å². The summed E-state index contributed by atoms with van der Waals surface area (Å²) in [7, 11) is 0. The molecule has 1 aromatic heterocycles. The third-order valence-corrected chi connectivity index (χ3v) is 8.22. The van der Waals surface area contributed by atoms with Gasteiger partial charge in [0.1, 0.15) is 0 Å². The van der Waals surface area contributed by atoms with Crippen molar-refractivity contribution in [3.63, 3.8) is 0 Å². The van der Waals surface area contributed by atoms with Crippen LogP contribution in [0.25, 0.3) is 10.9 Å². The Morgan fingerprint density at radius 2 is 1.88 bits per heavy atom. The molecule has 2 aliphatic rings. The molecule has 0 amide bonds. The first-order valence-corrected chi connectivity index (χ1v) is 12.4. The standard InChI is InChI=1S/C28H37N3O/c1-4-26-24-15-14-22(16-27(24)31(29-26)23-12-8-9-13-23)25-18-30(19-28(25,3)20(2)32)17-21-10-6-5-7-11-21/h5-7,10-11,14-16,20,23,25,32H,4,8-9,12-13,17-19H2,1-3H3/t20-,25+,28-/m0/s1.